The summed E-state index contributed by atoms with van der Waals surface area (Å²) in [5.41, 5.74) is -0.953. The number of esters is 1. The van der Waals surface area contributed by atoms with Crippen LogP contribution in [-0.4, -0.2) is 37.5 Å². The fraction of sp³-hybridized carbons (Fsp3) is 0.385. The molecule has 8 heteroatoms. The maximum absolute atomic E-state index is 13.5. The Bertz CT molecular complexity index is 577. The number of methoxy groups -OCH3 is 1. The maximum Gasteiger partial charge on any atom is 0.310 e. The average Bonchev–Trinajstić information content (AvgIpc) is 2.46. The topological polar surface area (TPSA) is 46.6 Å². The van der Waals surface area contributed by atoms with E-state index in [1.54, 1.807) is 0 Å². The highest BCUT2D eigenvalue weighted by Crippen LogP contribution is 2.20. The molecule has 1 aromatic rings. The molecule has 1 atom stereocenters. The third-order valence-corrected chi connectivity index (χ3v) is 2.83. The van der Waals surface area contributed by atoms with Crippen molar-refractivity contribution in [3.05, 3.63) is 34.9 Å². The van der Waals surface area contributed by atoms with Crippen LogP contribution in [-0.2, 0) is 9.53 Å². The van der Waals surface area contributed by atoms with Gasteiger partial charge in [0.05, 0.1) is 18.6 Å². The zero-order valence-electron chi connectivity index (χ0n) is 11.5. The van der Waals surface area contributed by atoms with Crippen LogP contribution in [0.2, 0.25) is 0 Å². The molecule has 0 heterocycles. The number of halogens is 4. The van der Waals surface area contributed by atoms with Crippen LogP contribution in [0, 0.1) is 29.2 Å². The smallest absolute Gasteiger partial charge is 0.310 e. The lowest BCUT2D eigenvalue weighted by Crippen LogP contribution is -2.34. The first-order chi connectivity index (χ1) is 9.70. The molecule has 1 rings (SSSR count). The monoisotopic (exact) mass is 307 g/mol. The quantitative estimate of drug-likeness (QED) is 0.370. The Morgan fingerprint density at radius 2 is 1.76 bits per heavy atom. The number of amides is 1. The Labute approximate surface area is 118 Å². The molecule has 21 heavy (non-hydrogen) atoms. The normalized spacial score (nSPS) is 12.0. The summed E-state index contributed by atoms with van der Waals surface area (Å²) >= 11 is 0. The second-order valence-electron chi connectivity index (χ2n) is 4.46. The number of ether oxygens (including phenoxy) is 1. The van der Waals surface area contributed by atoms with E-state index < -0.39 is 46.6 Å². The Kier molecular flexibility index (Phi) is 5.28. The zero-order chi connectivity index (χ0) is 16.3. The van der Waals surface area contributed by atoms with Crippen molar-refractivity contribution in [2.75, 3.05) is 20.7 Å². The molecular formula is C13H13F4NO3. The van der Waals surface area contributed by atoms with E-state index in [4.69, 9.17) is 0 Å². The molecule has 0 spiro atoms. The highest BCUT2D eigenvalue weighted by Gasteiger charge is 2.26. The number of rotatable bonds is 4. The minimum Gasteiger partial charge on any atom is -0.469 e. The Morgan fingerprint density at radius 3 is 2.29 bits per heavy atom. The molecule has 0 aromatic heterocycles. The summed E-state index contributed by atoms with van der Waals surface area (Å²) in [6, 6.07) is 0.273. The lowest BCUT2D eigenvalue weighted by molar-refractivity contribution is -0.145. The van der Waals surface area contributed by atoms with Crippen molar-refractivity contribution in [1.82, 2.24) is 4.90 Å². The van der Waals surface area contributed by atoms with Gasteiger partial charge >= 0.3 is 5.97 Å². The molecule has 0 saturated heterocycles. The van der Waals surface area contributed by atoms with Gasteiger partial charge in [0.25, 0.3) is 5.91 Å². The van der Waals surface area contributed by atoms with Crippen molar-refractivity contribution in [1.29, 1.82) is 0 Å². The summed E-state index contributed by atoms with van der Waals surface area (Å²) in [7, 11) is 2.37. The molecule has 4 nitrogen and oxygen atoms in total. The molecule has 116 valence electrons. The third-order valence-electron chi connectivity index (χ3n) is 2.83. The standard InChI is InChI=1S/C13H13F4NO3/c1-6(13(20)21-3)5-18(2)12(19)7-4-8(14)10(16)11(17)9(7)15/h4,6H,5H2,1-3H3. The second-order valence-corrected chi connectivity index (χ2v) is 4.46. The van der Waals surface area contributed by atoms with Crippen LogP contribution in [0.4, 0.5) is 17.6 Å². The van der Waals surface area contributed by atoms with Crippen LogP contribution in [0.15, 0.2) is 6.07 Å². The van der Waals surface area contributed by atoms with Gasteiger partial charge in [-0.15, -0.1) is 0 Å². The lowest BCUT2D eigenvalue weighted by Gasteiger charge is -2.20. The van der Waals surface area contributed by atoms with Crippen molar-refractivity contribution >= 4 is 11.9 Å². The molecule has 0 aliphatic carbocycles. The van der Waals surface area contributed by atoms with E-state index in [1.807, 2.05) is 0 Å². The van der Waals surface area contributed by atoms with Gasteiger partial charge in [-0.25, -0.2) is 17.6 Å². The first-order valence-electron chi connectivity index (χ1n) is 5.87. The van der Waals surface area contributed by atoms with Gasteiger partial charge < -0.3 is 9.64 Å². The Hall–Kier alpha value is -2.12. The molecule has 0 aliphatic rings. The maximum atomic E-state index is 13.5. The number of hydrogen-bond acceptors (Lipinski definition) is 3. The summed E-state index contributed by atoms with van der Waals surface area (Å²) in [6.45, 7) is 1.29. The van der Waals surface area contributed by atoms with Gasteiger partial charge in [0.15, 0.2) is 23.3 Å². The summed E-state index contributed by atoms with van der Waals surface area (Å²) < 4.78 is 56.9. The first-order valence-corrected chi connectivity index (χ1v) is 5.87. The van der Waals surface area contributed by atoms with Crippen molar-refractivity contribution in [3.8, 4) is 0 Å². The molecule has 0 aliphatic heterocycles. The fourth-order valence-corrected chi connectivity index (χ4v) is 1.70. The largest absolute Gasteiger partial charge is 0.469 e. The summed E-state index contributed by atoms with van der Waals surface area (Å²) in [4.78, 5) is 24.0. The Morgan fingerprint density at radius 1 is 1.19 bits per heavy atom. The van der Waals surface area contributed by atoms with Gasteiger partial charge in [0, 0.05) is 13.6 Å². The summed E-state index contributed by atoms with van der Waals surface area (Å²) in [5, 5.41) is 0. The second kappa shape index (κ2) is 6.55. The molecule has 0 fully saturated rings. The van der Waals surface area contributed by atoms with E-state index in [9.17, 15) is 27.2 Å². The molecule has 1 aromatic carbocycles. The van der Waals surface area contributed by atoms with Crippen LogP contribution in [0.1, 0.15) is 17.3 Å². The molecular weight excluding hydrogens is 294 g/mol. The zero-order valence-corrected chi connectivity index (χ0v) is 11.5. The van der Waals surface area contributed by atoms with Gasteiger partial charge in [0.1, 0.15) is 0 Å². The van der Waals surface area contributed by atoms with Gasteiger partial charge in [-0.1, -0.05) is 6.92 Å². The van der Waals surface area contributed by atoms with E-state index in [0.717, 1.165) is 12.0 Å². The number of carbonyl (C=O) groups excluding carboxylic acids is 2. The van der Waals surface area contributed by atoms with Crippen molar-refractivity contribution in [2.24, 2.45) is 5.92 Å². The van der Waals surface area contributed by atoms with Gasteiger partial charge in [-0.05, 0) is 6.07 Å². The van der Waals surface area contributed by atoms with E-state index >= 15 is 0 Å². The van der Waals surface area contributed by atoms with Crippen LogP contribution >= 0.6 is 0 Å². The minimum atomic E-state index is -2.06. The SMILES string of the molecule is COC(=O)C(C)CN(C)C(=O)c1cc(F)c(F)c(F)c1F. The number of nitrogens with zero attached hydrogens (tertiary/aromatic N) is 1. The van der Waals surface area contributed by atoms with Crippen molar-refractivity contribution in [2.45, 2.75) is 6.92 Å². The van der Waals surface area contributed by atoms with Gasteiger partial charge in [-0.2, -0.15) is 0 Å². The van der Waals surface area contributed by atoms with Gasteiger partial charge in [-0.3, -0.25) is 9.59 Å². The third kappa shape index (κ3) is 3.50. The number of carbonyl (C=O) groups is 2. The minimum absolute atomic E-state index is 0.161. The predicted molar refractivity (Wildman–Crippen MR) is 64.4 cm³/mol. The van der Waals surface area contributed by atoms with Crippen LogP contribution in [0.3, 0.4) is 0 Å². The fourth-order valence-electron chi connectivity index (χ4n) is 1.70. The first kappa shape index (κ1) is 16.9. The van der Waals surface area contributed by atoms with Crippen LogP contribution in [0.5, 0.6) is 0 Å². The summed E-state index contributed by atoms with van der Waals surface area (Å²) in [5.74, 6) is -9.92. The molecule has 0 N–H and O–H groups in total. The number of benzene rings is 1. The number of hydrogen-bond donors (Lipinski definition) is 0. The van der Waals surface area contributed by atoms with E-state index in [1.165, 1.54) is 14.0 Å². The van der Waals surface area contributed by atoms with E-state index in [2.05, 4.69) is 4.74 Å². The molecule has 1 unspecified atom stereocenters. The Balaban J connectivity index is 3.01. The highest BCUT2D eigenvalue weighted by molar-refractivity contribution is 5.94. The van der Waals surface area contributed by atoms with Crippen molar-refractivity contribution in [3.63, 3.8) is 0 Å². The lowest BCUT2D eigenvalue weighted by atomic mass is 10.1. The predicted octanol–water partition coefficient (Wildman–Crippen LogP) is 2.12. The molecule has 0 radical (unpaired) electrons. The van der Waals surface area contributed by atoms with E-state index in [0.29, 0.717) is 0 Å². The summed E-state index contributed by atoms with van der Waals surface area (Å²) in [6.07, 6.45) is 0. The van der Waals surface area contributed by atoms with Gasteiger partial charge in [0.2, 0.25) is 0 Å². The average molecular weight is 307 g/mol. The van der Waals surface area contributed by atoms with Crippen molar-refractivity contribution < 1.29 is 31.9 Å². The van der Waals surface area contributed by atoms with Crippen LogP contribution in [0.25, 0.3) is 0 Å². The van der Waals surface area contributed by atoms with Crippen LogP contribution < -0.4 is 0 Å². The molecule has 0 saturated carbocycles. The molecule has 0 bridgehead atoms. The highest BCUT2D eigenvalue weighted by atomic mass is 19.2. The van der Waals surface area contributed by atoms with E-state index in [-0.39, 0.29) is 12.6 Å². The molecule has 1 amide bonds.